The van der Waals surface area contributed by atoms with Crippen molar-refractivity contribution >= 4 is 21.6 Å². The van der Waals surface area contributed by atoms with E-state index in [4.69, 9.17) is 4.74 Å². The molecule has 2 aromatic rings. The third kappa shape index (κ3) is 7.14. The fraction of sp³-hybridized carbons (Fsp3) is 0.211. The van der Waals surface area contributed by atoms with Crippen molar-refractivity contribution in [2.24, 2.45) is 0 Å². The first-order chi connectivity index (χ1) is 13.6. The number of benzene rings is 2. The van der Waals surface area contributed by atoms with Crippen molar-refractivity contribution in [3.05, 3.63) is 54.1 Å². The molecular weight excluding hydrogens is 409 g/mol. The molecule has 10 heteroatoms. The molecule has 154 valence electrons. The van der Waals surface area contributed by atoms with Crippen molar-refractivity contribution in [1.29, 1.82) is 0 Å². The second kappa shape index (κ2) is 9.45. The summed E-state index contributed by atoms with van der Waals surface area (Å²) in [5, 5.41) is 2.60. The number of rotatable bonds is 6. The summed E-state index contributed by atoms with van der Waals surface area (Å²) in [5.74, 6) is 5.33. The van der Waals surface area contributed by atoms with Crippen LogP contribution in [0.5, 0.6) is 5.75 Å². The minimum Gasteiger partial charge on any atom is -0.481 e. The molecule has 0 radical (unpaired) electrons. The van der Waals surface area contributed by atoms with Crippen LogP contribution < -0.4 is 14.8 Å². The average Bonchev–Trinajstić information content (AvgIpc) is 2.64. The van der Waals surface area contributed by atoms with Crippen molar-refractivity contribution < 1.29 is 31.1 Å². The monoisotopic (exact) mass is 426 g/mol. The van der Waals surface area contributed by atoms with E-state index in [1.165, 1.54) is 6.92 Å². The molecule has 0 unspecified atom stereocenters. The Morgan fingerprint density at radius 1 is 1.10 bits per heavy atom. The maximum Gasteiger partial charge on any atom is 0.416 e. The van der Waals surface area contributed by atoms with Crippen molar-refractivity contribution in [3.8, 4) is 17.6 Å². The highest BCUT2D eigenvalue weighted by Gasteiger charge is 2.31. The van der Waals surface area contributed by atoms with E-state index in [-0.39, 0.29) is 19.1 Å². The van der Waals surface area contributed by atoms with Crippen LogP contribution in [0.1, 0.15) is 12.5 Å². The summed E-state index contributed by atoms with van der Waals surface area (Å²) in [7, 11) is -4.13. The Labute approximate surface area is 166 Å². The van der Waals surface area contributed by atoms with E-state index < -0.39 is 26.7 Å². The van der Waals surface area contributed by atoms with Crippen LogP contribution in [0.25, 0.3) is 0 Å². The number of ether oxygens (including phenoxy) is 1. The van der Waals surface area contributed by atoms with E-state index in [1.807, 2.05) is 0 Å². The van der Waals surface area contributed by atoms with E-state index in [9.17, 15) is 26.4 Å². The topological polar surface area (TPSA) is 84.5 Å². The highest BCUT2D eigenvalue weighted by Crippen LogP contribution is 2.30. The summed E-state index contributed by atoms with van der Waals surface area (Å²) in [6.07, 6.45) is -4.64. The van der Waals surface area contributed by atoms with Gasteiger partial charge in [0.05, 0.1) is 17.0 Å². The number of hydrogen-bond donors (Lipinski definition) is 2. The highest BCUT2D eigenvalue weighted by atomic mass is 32.2. The van der Waals surface area contributed by atoms with E-state index in [1.54, 1.807) is 24.3 Å². The number of hydrogen-bond acceptors (Lipinski definition) is 4. The molecule has 2 rings (SSSR count). The standard InChI is InChI=1S/C19H17F3N2O4S/c1-14(25)24-16-7-5-8-17(13-16)28-11-3-2-10-23-29(26,27)18-9-4-6-15(12-18)19(20,21)22/h4-9,12-13,23H,10-11H2,1H3,(H,24,25). The highest BCUT2D eigenvalue weighted by molar-refractivity contribution is 7.89. The minimum atomic E-state index is -4.64. The molecule has 0 atom stereocenters. The van der Waals surface area contributed by atoms with Crippen LogP contribution in [0, 0.1) is 11.8 Å². The quantitative estimate of drug-likeness (QED) is 0.696. The number of anilines is 1. The van der Waals surface area contributed by atoms with Crippen molar-refractivity contribution in [2.45, 2.75) is 18.0 Å². The Bertz CT molecular complexity index is 1040. The molecule has 1 amide bonds. The van der Waals surface area contributed by atoms with Gasteiger partial charge in [-0.25, -0.2) is 8.42 Å². The summed E-state index contributed by atoms with van der Waals surface area (Å²) in [6, 6.07) is 10.0. The molecule has 0 spiro atoms. The van der Waals surface area contributed by atoms with Gasteiger partial charge in [0.15, 0.2) is 0 Å². The number of carbonyl (C=O) groups is 1. The fourth-order valence-corrected chi connectivity index (χ4v) is 3.12. The van der Waals surface area contributed by atoms with Gasteiger partial charge in [-0.15, -0.1) is 0 Å². The lowest BCUT2D eigenvalue weighted by molar-refractivity contribution is -0.137. The van der Waals surface area contributed by atoms with Gasteiger partial charge in [-0.3, -0.25) is 4.79 Å². The molecule has 29 heavy (non-hydrogen) atoms. The Morgan fingerprint density at radius 3 is 2.52 bits per heavy atom. The maximum atomic E-state index is 12.7. The third-order valence-electron chi connectivity index (χ3n) is 3.41. The summed E-state index contributed by atoms with van der Waals surface area (Å²) in [6.45, 7) is 1.03. The first kappa shape index (κ1) is 22.3. The van der Waals surface area contributed by atoms with Crippen LogP contribution in [0.4, 0.5) is 18.9 Å². The van der Waals surface area contributed by atoms with Gasteiger partial charge >= 0.3 is 6.18 Å². The normalized spacial score (nSPS) is 11.3. The third-order valence-corrected chi connectivity index (χ3v) is 4.81. The smallest absolute Gasteiger partial charge is 0.416 e. The largest absolute Gasteiger partial charge is 0.481 e. The van der Waals surface area contributed by atoms with Gasteiger partial charge in [0, 0.05) is 18.7 Å². The second-order valence-corrected chi connectivity index (χ2v) is 7.47. The number of halogens is 3. The lowest BCUT2D eigenvalue weighted by Crippen LogP contribution is -2.24. The number of carbonyl (C=O) groups excluding carboxylic acids is 1. The van der Waals surface area contributed by atoms with Crippen LogP contribution in [0.3, 0.4) is 0 Å². The van der Waals surface area contributed by atoms with E-state index in [0.717, 1.165) is 18.2 Å². The lowest BCUT2D eigenvalue weighted by atomic mass is 10.2. The Kier molecular flexibility index (Phi) is 7.25. The van der Waals surface area contributed by atoms with Crippen LogP contribution in [-0.4, -0.2) is 27.5 Å². The van der Waals surface area contributed by atoms with Gasteiger partial charge in [-0.1, -0.05) is 24.0 Å². The van der Waals surface area contributed by atoms with Gasteiger partial charge in [0.25, 0.3) is 0 Å². The Hall–Kier alpha value is -3.03. The zero-order valence-electron chi connectivity index (χ0n) is 15.2. The molecule has 0 aliphatic rings. The predicted molar refractivity (Wildman–Crippen MR) is 101 cm³/mol. The summed E-state index contributed by atoms with van der Waals surface area (Å²) in [5.41, 5.74) is -0.502. The Balaban J connectivity index is 1.89. The van der Waals surface area contributed by atoms with Crippen molar-refractivity contribution in [2.75, 3.05) is 18.5 Å². The number of amides is 1. The number of sulfonamides is 1. The summed E-state index contributed by atoms with van der Waals surface area (Å²) < 4.78 is 69.7. The number of nitrogens with one attached hydrogen (secondary N) is 2. The Morgan fingerprint density at radius 2 is 1.83 bits per heavy atom. The lowest BCUT2D eigenvalue weighted by Gasteiger charge is -2.09. The second-order valence-electron chi connectivity index (χ2n) is 5.70. The SMILES string of the molecule is CC(=O)Nc1cccc(OCC#CCNS(=O)(=O)c2cccc(C(F)(F)F)c2)c1. The molecule has 0 heterocycles. The van der Waals surface area contributed by atoms with Crippen molar-refractivity contribution in [3.63, 3.8) is 0 Å². The molecule has 0 bridgehead atoms. The van der Waals surface area contributed by atoms with E-state index in [0.29, 0.717) is 17.5 Å². The van der Waals surface area contributed by atoms with Crippen LogP contribution >= 0.6 is 0 Å². The summed E-state index contributed by atoms with van der Waals surface area (Å²) in [4.78, 5) is 10.5. The van der Waals surface area contributed by atoms with Gasteiger partial charge < -0.3 is 10.1 Å². The molecule has 0 aliphatic carbocycles. The van der Waals surface area contributed by atoms with E-state index >= 15 is 0 Å². The molecule has 0 aromatic heterocycles. The van der Waals surface area contributed by atoms with Gasteiger partial charge in [0.2, 0.25) is 15.9 Å². The molecule has 0 fully saturated rings. The fourth-order valence-electron chi connectivity index (χ4n) is 2.15. The molecule has 2 N–H and O–H groups in total. The molecule has 0 saturated heterocycles. The first-order valence-electron chi connectivity index (χ1n) is 8.21. The van der Waals surface area contributed by atoms with Gasteiger partial charge in [-0.05, 0) is 30.3 Å². The first-order valence-corrected chi connectivity index (χ1v) is 9.69. The minimum absolute atomic E-state index is 0.0468. The van der Waals surface area contributed by atoms with Crippen LogP contribution in [0.2, 0.25) is 0 Å². The van der Waals surface area contributed by atoms with Crippen LogP contribution in [0.15, 0.2) is 53.4 Å². The van der Waals surface area contributed by atoms with Crippen molar-refractivity contribution in [1.82, 2.24) is 4.72 Å². The number of alkyl halides is 3. The molecular formula is C19H17F3N2O4S. The molecule has 0 aliphatic heterocycles. The zero-order chi connectivity index (χ0) is 21.5. The maximum absolute atomic E-state index is 12.7. The predicted octanol–water partition coefficient (Wildman–Crippen LogP) is 3.02. The van der Waals surface area contributed by atoms with E-state index in [2.05, 4.69) is 21.9 Å². The molecule has 6 nitrogen and oxygen atoms in total. The van der Waals surface area contributed by atoms with Gasteiger partial charge in [-0.2, -0.15) is 17.9 Å². The summed E-state index contributed by atoms with van der Waals surface area (Å²) >= 11 is 0. The molecule has 2 aromatic carbocycles. The zero-order valence-corrected chi connectivity index (χ0v) is 16.0. The van der Waals surface area contributed by atoms with Crippen LogP contribution in [-0.2, 0) is 21.0 Å². The average molecular weight is 426 g/mol. The van der Waals surface area contributed by atoms with Gasteiger partial charge in [0.1, 0.15) is 12.4 Å². The molecule has 0 saturated carbocycles.